The third-order valence-electron chi connectivity index (χ3n) is 1.74. The first-order valence-corrected chi connectivity index (χ1v) is 4.73. The molecule has 13 heavy (non-hydrogen) atoms. The van der Waals surface area contributed by atoms with Crippen LogP contribution in [0.4, 0.5) is 0 Å². The molecule has 0 aromatic carbocycles. The number of aromatic nitrogens is 1. The smallest absolute Gasteiger partial charge is 0.211 e. The van der Waals surface area contributed by atoms with Crippen LogP contribution >= 0.6 is 12.6 Å². The van der Waals surface area contributed by atoms with E-state index in [1.54, 1.807) is 12.3 Å². The van der Waals surface area contributed by atoms with E-state index in [4.69, 9.17) is 4.42 Å². The summed E-state index contributed by atoms with van der Waals surface area (Å²) in [5.41, 5.74) is -0.0000816. The molecule has 0 aliphatic carbocycles. The van der Waals surface area contributed by atoms with E-state index < -0.39 is 0 Å². The molecule has 1 unspecified atom stereocenters. The van der Waals surface area contributed by atoms with E-state index in [2.05, 4.69) is 45.0 Å². The van der Waals surface area contributed by atoms with Gasteiger partial charge in [0.1, 0.15) is 5.76 Å². The van der Waals surface area contributed by atoms with Crippen molar-refractivity contribution in [2.75, 3.05) is 0 Å². The molecule has 0 N–H and O–H groups in total. The van der Waals surface area contributed by atoms with Crippen LogP contribution in [0.15, 0.2) is 23.3 Å². The second kappa shape index (κ2) is 3.58. The lowest BCUT2D eigenvalue weighted by atomic mass is 9.94. The largest absolute Gasteiger partial charge is 0.444 e. The van der Waals surface area contributed by atoms with Crippen LogP contribution < -0.4 is 0 Å². The van der Waals surface area contributed by atoms with Crippen molar-refractivity contribution in [3.63, 3.8) is 0 Å². The number of thiol groups is 1. The van der Waals surface area contributed by atoms with Crippen LogP contribution in [-0.4, -0.2) is 4.98 Å². The summed E-state index contributed by atoms with van der Waals surface area (Å²) in [6, 6.07) is 0. The maximum Gasteiger partial charge on any atom is 0.211 e. The minimum Gasteiger partial charge on any atom is -0.444 e. The van der Waals surface area contributed by atoms with Crippen LogP contribution in [0.25, 0.3) is 0 Å². The summed E-state index contributed by atoms with van der Waals surface area (Å²) in [6.07, 6.45) is 3.45. The van der Waals surface area contributed by atoms with Crippen molar-refractivity contribution in [3.8, 4) is 0 Å². The van der Waals surface area contributed by atoms with Crippen LogP contribution in [0.3, 0.4) is 0 Å². The van der Waals surface area contributed by atoms with Crippen molar-refractivity contribution in [3.05, 3.63) is 30.5 Å². The fourth-order valence-electron chi connectivity index (χ4n) is 0.872. The minimum absolute atomic E-state index is 0.0000816. The summed E-state index contributed by atoms with van der Waals surface area (Å²) < 4.78 is 5.54. The Labute approximate surface area is 84.5 Å². The molecule has 1 rings (SSSR count). The van der Waals surface area contributed by atoms with Gasteiger partial charge in [-0.25, -0.2) is 4.98 Å². The lowest BCUT2D eigenvalue weighted by Crippen LogP contribution is -2.09. The van der Waals surface area contributed by atoms with Gasteiger partial charge in [-0.05, 0) is 0 Å². The van der Waals surface area contributed by atoms with Crippen LogP contribution in [0.1, 0.15) is 37.7 Å². The maximum atomic E-state index is 5.54. The Morgan fingerprint density at radius 1 is 1.62 bits per heavy atom. The van der Waals surface area contributed by atoms with Crippen molar-refractivity contribution in [1.29, 1.82) is 0 Å². The van der Waals surface area contributed by atoms with Crippen LogP contribution in [0, 0.1) is 0 Å². The third-order valence-corrected chi connectivity index (χ3v) is 2.17. The molecule has 0 saturated heterocycles. The molecule has 1 heterocycles. The molecule has 0 amide bonds. The quantitative estimate of drug-likeness (QED) is 0.582. The molecule has 2 nitrogen and oxygen atoms in total. The SMILES string of the molecule is C=CC(S)c1ncc(C(C)(C)C)o1. The van der Waals surface area contributed by atoms with Gasteiger partial charge in [-0.15, -0.1) is 6.58 Å². The topological polar surface area (TPSA) is 26.0 Å². The molecule has 0 fully saturated rings. The van der Waals surface area contributed by atoms with Gasteiger partial charge in [-0.1, -0.05) is 26.8 Å². The van der Waals surface area contributed by atoms with Crippen molar-refractivity contribution < 1.29 is 4.42 Å². The summed E-state index contributed by atoms with van der Waals surface area (Å²) in [5, 5.41) is -0.115. The Balaban J connectivity index is 2.93. The van der Waals surface area contributed by atoms with Gasteiger partial charge < -0.3 is 4.42 Å². The maximum absolute atomic E-state index is 5.54. The second-order valence-electron chi connectivity index (χ2n) is 3.99. The molecule has 0 aliphatic rings. The fourth-order valence-corrected chi connectivity index (χ4v) is 0.991. The Morgan fingerprint density at radius 3 is 2.62 bits per heavy atom. The highest BCUT2D eigenvalue weighted by Crippen LogP contribution is 2.27. The Kier molecular flexibility index (Phi) is 2.86. The first-order chi connectivity index (χ1) is 5.95. The number of rotatable bonds is 2. The molecule has 0 bridgehead atoms. The van der Waals surface area contributed by atoms with E-state index in [9.17, 15) is 0 Å². The van der Waals surface area contributed by atoms with Gasteiger partial charge >= 0.3 is 0 Å². The lowest BCUT2D eigenvalue weighted by Gasteiger charge is -2.13. The molecule has 1 aromatic heterocycles. The van der Waals surface area contributed by atoms with E-state index in [0.717, 1.165) is 5.76 Å². The molecule has 0 radical (unpaired) electrons. The molecule has 1 atom stereocenters. The van der Waals surface area contributed by atoms with Gasteiger partial charge in [-0.2, -0.15) is 12.6 Å². The second-order valence-corrected chi connectivity index (χ2v) is 4.55. The highest BCUT2D eigenvalue weighted by Gasteiger charge is 2.20. The summed E-state index contributed by atoms with van der Waals surface area (Å²) >= 11 is 4.25. The van der Waals surface area contributed by atoms with E-state index in [-0.39, 0.29) is 10.7 Å². The highest BCUT2D eigenvalue weighted by atomic mass is 32.1. The van der Waals surface area contributed by atoms with Crippen LogP contribution in [0.5, 0.6) is 0 Å². The van der Waals surface area contributed by atoms with Gasteiger partial charge in [0.25, 0.3) is 0 Å². The molecule has 0 spiro atoms. The predicted octanol–water partition coefficient (Wildman–Crippen LogP) is 3.13. The first-order valence-electron chi connectivity index (χ1n) is 4.22. The van der Waals surface area contributed by atoms with Crippen molar-refractivity contribution in [2.45, 2.75) is 31.4 Å². The lowest BCUT2D eigenvalue weighted by molar-refractivity contribution is 0.386. The predicted molar refractivity (Wildman–Crippen MR) is 57.1 cm³/mol. The average Bonchev–Trinajstić information content (AvgIpc) is 2.50. The van der Waals surface area contributed by atoms with Crippen molar-refractivity contribution >= 4 is 12.6 Å². The van der Waals surface area contributed by atoms with E-state index >= 15 is 0 Å². The number of hydrogen-bond donors (Lipinski definition) is 1. The molecule has 1 aromatic rings. The zero-order chi connectivity index (χ0) is 10.1. The highest BCUT2D eigenvalue weighted by molar-refractivity contribution is 7.80. The summed E-state index contributed by atoms with van der Waals surface area (Å²) in [5.74, 6) is 1.49. The molecular weight excluding hydrogens is 182 g/mol. The Hall–Kier alpha value is -0.700. The van der Waals surface area contributed by atoms with E-state index in [1.165, 1.54) is 0 Å². The fraction of sp³-hybridized carbons (Fsp3) is 0.500. The molecular formula is C10H15NOS. The van der Waals surface area contributed by atoms with Gasteiger partial charge in [0.05, 0.1) is 11.4 Å². The summed E-state index contributed by atoms with van der Waals surface area (Å²) in [7, 11) is 0. The van der Waals surface area contributed by atoms with E-state index in [1.807, 2.05) is 0 Å². The third kappa shape index (κ3) is 2.37. The molecule has 72 valence electrons. The van der Waals surface area contributed by atoms with Crippen LogP contribution in [0.2, 0.25) is 0 Å². The minimum atomic E-state index is -0.115. The van der Waals surface area contributed by atoms with Crippen LogP contribution in [-0.2, 0) is 5.41 Å². The Morgan fingerprint density at radius 2 is 2.23 bits per heavy atom. The standard InChI is InChI=1S/C10H15NOS/c1-5-7(13)9-11-6-8(12-9)10(2,3)4/h5-7,13H,1H2,2-4H3. The number of oxazole rings is 1. The zero-order valence-corrected chi connectivity index (χ0v) is 9.14. The van der Waals surface area contributed by atoms with Gasteiger partial charge in [-0.3, -0.25) is 0 Å². The Bertz CT molecular complexity index is 298. The van der Waals surface area contributed by atoms with Crippen molar-refractivity contribution in [2.24, 2.45) is 0 Å². The average molecular weight is 197 g/mol. The van der Waals surface area contributed by atoms with Crippen molar-refractivity contribution in [1.82, 2.24) is 4.98 Å². The van der Waals surface area contributed by atoms with E-state index in [0.29, 0.717) is 5.89 Å². The molecule has 3 heteroatoms. The zero-order valence-electron chi connectivity index (χ0n) is 8.24. The number of hydrogen-bond acceptors (Lipinski definition) is 3. The molecule has 0 saturated carbocycles. The molecule has 0 aliphatic heterocycles. The summed E-state index contributed by atoms with van der Waals surface area (Å²) in [4.78, 5) is 4.14. The normalized spacial score (nSPS) is 14.2. The summed E-state index contributed by atoms with van der Waals surface area (Å²) in [6.45, 7) is 9.88. The van der Waals surface area contributed by atoms with Gasteiger partial charge in [0.2, 0.25) is 5.89 Å². The van der Waals surface area contributed by atoms with Gasteiger partial charge in [0, 0.05) is 5.41 Å². The monoisotopic (exact) mass is 197 g/mol. The van der Waals surface area contributed by atoms with Gasteiger partial charge in [0.15, 0.2) is 0 Å². The number of nitrogens with zero attached hydrogens (tertiary/aromatic N) is 1. The first kappa shape index (κ1) is 10.4.